The summed E-state index contributed by atoms with van der Waals surface area (Å²) in [5.74, 6) is 0. The molecule has 1 fully saturated rings. The molecule has 0 atom stereocenters. The lowest BCUT2D eigenvalue weighted by Crippen LogP contribution is -2.50. The highest BCUT2D eigenvalue weighted by Crippen LogP contribution is 2.32. The van der Waals surface area contributed by atoms with Crippen LogP contribution in [0.5, 0.6) is 0 Å². The maximum Gasteiger partial charge on any atom is 0.0806 e. The van der Waals surface area contributed by atoms with Crippen LogP contribution >= 0.6 is 0 Å². The zero-order valence-electron chi connectivity index (χ0n) is 14.1. The van der Waals surface area contributed by atoms with E-state index in [1.54, 1.807) is 0 Å². The van der Waals surface area contributed by atoms with Crippen LogP contribution in [0, 0.1) is 5.41 Å². The molecule has 0 saturated heterocycles. The maximum atomic E-state index is 6.38. The van der Waals surface area contributed by atoms with Gasteiger partial charge in [-0.15, -0.1) is 0 Å². The molecule has 0 amide bonds. The third-order valence-corrected chi connectivity index (χ3v) is 3.97. The first-order valence-corrected chi connectivity index (χ1v) is 8.01. The van der Waals surface area contributed by atoms with Crippen molar-refractivity contribution < 1.29 is 4.74 Å². The van der Waals surface area contributed by atoms with E-state index in [1.807, 2.05) is 0 Å². The van der Waals surface area contributed by atoms with Crippen LogP contribution in [0.15, 0.2) is 0 Å². The highest BCUT2D eigenvalue weighted by Gasteiger charge is 2.34. The van der Waals surface area contributed by atoms with Crippen LogP contribution in [0.2, 0.25) is 0 Å². The number of hydrogen-bond donors (Lipinski definition) is 1. The van der Waals surface area contributed by atoms with Crippen molar-refractivity contribution >= 4 is 0 Å². The highest BCUT2D eigenvalue weighted by molar-refractivity contribution is 4.89. The van der Waals surface area contributed by atoms with Gasteiger partial charge in [-0.1, -0.05) is 40.0 Å². The summed E-state index contributed by atoms with van der Waals surface area (Å²) in [5.41, 5.74) is 0.641. The lowest BCUT2D eigenvalue weighted by atomic mass is 9.83. The summed E-state index contributed by atoms with van der Waals surface area (Å²) in [5, 5.41) is 3.66. The molecule has 1 aliphatic rings. The molecule has 0 aromatic carbocycles. The molecule has 19 heavy (non-hydrogen) atoms. The Labute approximate surface area is 120 Å². The topological polar surface area (TPSA) is 21.3 Å². The molecule has 0 aliphatic heterocycles. The average Bonchev–Trinajstić information content (AvgIpc) is 2.25. The molecule has 114 valence electrons. The Bertz CT molecular complexity index is 253. The van der Waals surface area contributed by atoms with E-state index >= 15 is 0 Å². The fourth-order valence-corrected chi connectivity index (χ4v) is 2.57. The summed E-state index contributed by atoms with van der Waals surface area (Å²) in [6.07, 6.45) is 7.60. The van der Waals surface area contributed by atoms with Crippen LogP contribution in [0.3, 0.4) is 0 Å². The second-order valence-electron chi connectivity index (χ2n) is 8.51. The van der Waals surface area contributed by atoms with E-state index < -0.39 is 0 Å². The molecule has 0 aromatic heterocycles. The predicted octanol–water partition coefficient (Wildman–Crippen LogP) is 4.53. The van der Waals surface area contributed by atoms with Gasteiger partial charge in [-0.2, -0.15) is 0 Å². The van der Waals surface area contributed by atoms with Gasteiger partial charge >= 0.3 is 0 Å². The molecule has 0 heterocycles. The zero-order chi connectivity index (χ0) is 14.6. The minimum atomic E-state index is 0.0940. The third kappa shape index (κ3) is 7.31. The molecule has 0 radical (unpaired) electrons. The van der Waals surface area contributed by atoms with Gasteiger partial charge in [-0.3, -0.25) is 0 Å². The molecule has 0 unspecified atom stereocenters. The largest absolute Gasteiger partial charge is 0.374 e. The molecule has 1 saturated carbocycles. The van der Waals surface area contributed by atoms with Gasteiger partial charge in [-0.05, 0) is 45.4 Å². The fourth-order valence-electron chi connectivity index (χ4n) is 2.57. The minimum Gasteiger partial charge on any atom is -0.374 e. The quantitative estimate of drug-likeness (QED) is 0.791. The lowest BCUT2D eigenvalue weighted by Gasteiger charge is -2.40. The van der Waals surface area contributed by atoms with Crippen LogP contribution in [0.4, 0.5) is 0 Å². The van der Waals surface area contributed by atoms with Crippen molar-refractivity contribution in [2.24, 2.45) is 5.41 Å². The third-order valence-electron chi connectivity index (χ3n) is 3.97. The molecule has 2 heteroatoms. The van der Waals surface area contributed by atoms with Crippen LogP contribution in [0.25, 0.3) is 0 Å². The van der Waals surface area contributed by atoms with Gasteiger partial charge in [0.1, 0.15) is 0 Å². The van der Waals surface area contributed by atoms with Crippen LogP contribution in [-0.4, -0.2) is 24.3 Å². The summed E-state index contributed by atoms with van der Waals surface area (Å²) in [7, 11) is 0. The molecule has 1 aliphatic carbocycles. The van der Waals surface area contributed by atoms with Crippen LogP contribution in [0.1, 0.15) is 80.1 Å². The Morgan fingerprint density at radius 3 is 2.00 bits per heavy atom. The van der Waals surface area contributed by atoms with Gasteiger partial charge < -0.3 is 10.1 Å². The van der Waals surface area contributed by atoms with Crippen molar-refractivity contribution in [2.75, 3.05) is 13.2 Å². The molecular formula is C17H35NO. The summed E-state index contributed by atoms with van der Waals surface area (Å²) in [6.45, 7) is 15.5. The Morgan fingerprint density at radius 1 is 0.947 bits per heavy atom. The number of nitrogens with one attached hydrogen (secondary N) is 1. The van der Waals surface area contributed by atoms with E-state index in [0.29, 0.717) is 5.41 Å². The van der Waals surface area contributed by atoms with E-state index in [2.05, 4.69) is 46.9 Å². The van der Waals surface area contributed by atoms with Crippen LogP contribution < -0.4 is 5.32 Å². The second kappa shape index (κ2) is 6.58. The number of ether oxygens (including phenoxy) is 1. The van der Waals surface area contributed by atoms with Crippen molar-refractivity contribution in [2.45, 2.75) is 91.2 Å². The molecule has 2 nitrogen and oxygen atoms in total. The Kier molecular flexibility index (Phi) is 5.88. The molecular weight excluding hydrogens is 234 g/mol. The highest BCUT2D eigenvalue weighted by atomic mass is 16.5. The first-order chi connectivity index (χ1) is 8.62. The molecule has 0 spiro atoms. The minimum absolute atomic E-state index is 0.0940. The Balaban J connectivity index is 2.50. The van der Waals surface area contributed by atoms with Gasteiger partial charge in [-0.25, -0.2) is 0 Å². The Morgan fingerprint density at radius 2 is 1.53 bits per heavy atom. The van der Waals surface area contributed by atoms with E-state index in [1.165, 1.54) is 32.1 Å². The van der Waals surface area contributed by atoms with Crippen molar-refractivity contribution in [1.82, 2.24) is 5.32 Å². The predicted molar refractivity (Wildman–Crippen MR) is 83.6 cm³/mol. The van der Waals surface area contributed by atoms with Gasteiger partial charge in [0, 0.05) is 18.7 Å². The maximum absolute atomic E-state index is 6.38. The summed E-state index contributed by atoms with van der Waals surface area (Å²) in [4.78, 5) is 0. The van der Waals surface area contributed by atoms with Crippen molar-refractivity contribution in [3.8, 4) is 0 Å². The molecule has 0 bridgehead atoms. The number of rotatable bonds is 5. The normalized spacial score (nSPS) is 20.5. The van der Waals surface area contributed by atoms with Gasteiger partial charge in [0.2, 0.25) is 0 Å². The monoisotopic (exact) mass is 269 g/mol. The zero-order valence-corrected chi connectivity index (χ0v) is 14.1. The first-order valence-electron chi connectivity index (χ1n) is 8.01. The Hall–Kier alpha value is -0.0800. The van der Waals surface area contributed by atoms with Gasteiger partial charge in [0.25, 0.3) is 0 Å². The van der Waals surface area contributed by atoms with E-state index in [9.17, 15) is 0 Å². The molecule has 1 N–H and O–H groups in total. The standard InChI is InChI=1S/C17H35NO/c1-15(2,3)12-13-19-17(10-8-7-9-11-17)14-18-16(4,5)6/h18H,7-14H2,1-6H3. The summed E-state index contributed by atoms with van der Waals surface area (Å²) < 4.78 is 6.38. The SMILES string of the molecule is CC(C)(C)CCOC1(CNC(C)(C)C)CCCCC1. The lowest BCUT2D eigenvalue weighted by molar-refractivity contribution is -0.0779. The smallest absolute Gasteiger partial charge is 0.0806 e. The van der Waals surface area contributed by atoms with Gasteiger partial charge in [0.05, 0.1) is 5.60 Å². The van der Waals surface area contributed by atoms with E-state index in [4.69, 9.17) is 4.74 Å². The van der Waals surface area contributed by atoms with Crippen molar-refractivity contribution in [3.63, 3.8) is 0 Å². The van der Waals surface area contributed by atoms with Gasteiger partial charge in [0.15, 0.2) is 0 Å². The molecule has 1 rings (SSSR count). The number of hydrogen-bond acceptors (Lipinski definition) is 2. The van der Waals surface area contributed by atoms with E-state index in [0.717, 1.165) is 19.6 Å². The second-order valence-corrected chi connectivity index (χ2v) is 8.51. The molecule has 0 aromatic rings. The van der Waals surface area contributed by atoms with E-state index in [-0.39, 0.29) is 11.1 Å². The summed E-state index contributed by atoms with van der Waals surface area (Å²) in [6, 6.07) is 0. The van der Waals surface area contributed by atoms with Crippen LogP contribution in [-0.2, 0) is 4.74 Å². The van der Waals surface area contributed by atoms with Crippen molar-refractivity contribution in [1.29, 1.82) is 0 Å². The first kappa shape index (κ1) is 17.0. The fraction of sp³-hybridized carbons (Fsp3) is 1.00. The average molecular weight is 269 g/mol. The summed E-state index contributed by atoms with van der Waals surface area (Å²) >= 11 is 0. The van der Waals surface area contributed by atoms with Crippen molar-refractivity contribution in [3.05, 3.63) is 0 Å².